The van der Waals surface area contributed by atoms with Crippen LogP contribution in [-0.4, -0.2) is 32.5 Å². The van der Waals surface area contributed by atoms with E-state index >= 15 is 0 Å². The summed E-state index contributed by atoms with van der Waals surface area (Å²) >= 11 is 0. The van der Waals surface area contributed by atoms with Gasteiger partial charge in [-0.1, -0.05) is 12.2 Å². The Hall–Kier alpha value is -2.81. The molecule has 4 aliphatic rings. The van der Waals surface area contributed by atoms with Crippen molar-refractivity contribution in [1.29, 1.82) is 0 Å². The number of aryl methyl sites for hydroxylation is 4. The van der Waals surface area contributed by atoms with Gasteiger partial charge in [0, 0.05) is 37.6 Å². The fourth-order valence-electron chi connectivity index (χ4n) is 6.69. The Balaban J connectivity index is 1.15. The van der Waals surface area contributed by atoms with Crippen LogP contribution < -0.4 is 9.80 Å². The number of anilines is 2. The van der Waals surface area contributed by atoms with Crippen LogP contribution in [0.1, 0.15) is 71.9 Å². The predicted octanol–water partition coefficient (Wildman–Crippen LogP) is 6.16. The number of nitrogens with zero attached hydrogens (tertiary/aromatic N) is 2. The summed E-state index contributed by atoms with van der Waals surface area (Å²) in [5, 5.41) is 0. The van der Waals surface area contributed by atoms with Gasteiger partial charge in [-0.2, -0.15) is 0 Å². The molecular formula is C31H36N2O. The predicted molar refractivity (Wildman–Crippen MR) is 143 cm³/mol. The fourth-order valence-corrected chi connectivity index (χ4v) is 6.69. The second-order valence-electron chi connectivity index (χ2n) is 10.5. The second-order valence-corrected chi connectivity index (χ2v) is 10.5. The quantitative estimate of drug-likeness (QED) is 0.387. The smallest absolute Gasteiger partial charge is 0.146 e. The first-order valence-electron chi connectivity index (χ1n) is 13.4. The Labute approximate surface area is 204 Å². The van der Waals surface area contributed by atoms with Crippen LogP contribution in [0.25, 0.3) is 12.2 Å². The zero-order valence-corrected chi connectivity index (χ0v) is 20.3. The molecule has 0 N–H and O–H groups in total. The molecular weight excluding hydrogens is 416 g/mol. The molecule has 2 aromatic carbocycles. The summed E-state index contributed by atoms with van der Waals surface area (Å²) < 4.78 is 0. The van der Waals surface area contributed by atoms with Crippen molar-refractivity contribution in [2.24, 2.45) is 0 Å². The van der Waals surface area contributed by atoms with Crippen LogP contribution in [0.3, 0.4) is 0 Å². The summed E-state index contributed by atoms with van der Waals surface area (Å²) in [5.41, 5.74) is 12.5. The zero-order chi connectivity index (χ0) is 22.9. The number of aldehydes is 1. The Bertz CT molecular complexity index is 1100. The number of rotatable bonds is 6. The Morgan fingerprint density at radius 2 is 1.18 bits per heavy atom. The lowest BCUT2D eigenvalue weighted by atomic mass is 9.89. The van der Waals surface area contributed by atoms with Gasteiger partial charge in [0.05, 0.1) is 0 Å². The van der Waals surface area contributed by atoms with Crippen molar-refractivity contribution >= 4 is 29.8 Å². The molecule has 0 saturated carbocycles. The monoisotopic (exact) mass is 452 g/mol. The van der Waals surface area contributed by atoms with Crippen molar-refractivity contribution in [3.05, 3.63) is 69.3 Å². The molecule has 0 spiro atoms. The van der Waals surface area contributed by atoms with Crippen LogP contribution in [-0.2, 0) is 30.5 Å². The molecule has 3 nitrogen and oxygen atoms in total. The van der Waals surface area contributed by atoms with E-state index in [-0.39, 0.29) is 0 Å². The molecule has 0 atom stereocenters. The van der Waals surface area contributed by atoms with Crippen LogP contribution >= 0.6 is 0 Å². The van der Waals surface area contributed by atoms with Crippen LogP contribution in [0.5, 0.6) is 0 Å². The van der Waals surface area contributed by atoms with E-state index in [1.165, 1.54) is 122 Å². The number of carbonyl (C=O) groups is 1. The van der Waals surface area contributed by atoms with E-state index in [4.69, 9.17) is 0 Å². The van der Waals surface area contributed by atoms with Crippen LogP contribution in [0.2, 0.25) is 0 Å². The molecule has 2 aromatic rings. The highest BCUT2D eigenvalue weighted by Crippen LogP contribution is 2.37. The summed E-state index contributed by atoms with van der Waals surface area (Å²) in [6, 6.07) is 9.45. The SMILES string of the molecule is O=CC(=Cc1cc2c3c(c1)CCCN3CCC2)CC/C=C/c1cc2c3c(c1)CCCN3CCC2. The third kappa shape index (κ3) is 4.21. The normalized spacial score (nSPS) is 19.2. The fraction of sp³-hybridized carbons (Fsp3) is 0.452. The van der Waals surface area contributed by atoms with Crippen molar-refractivity contribution in [1.82, 2.24) is 0 Å². The lowest BCUT2D eigenvalue weighted by molar-refractivity contribution is -0.104. The molecule has 0 saturated heterocycles. The summed E-state index contributed by atoms with van der Waals surface area (Å²) in [7, 11) is 0. The maximum atomic E-state index is 11.9. The van der Waals surface area contributed by atoms with Gasteiger partial charge in [0.15, 0.2) is 0 Å². The Morgan fingerprint density at radius 3 is 1.65 bits per heavy atom. The molecule has 0 bridgehead atoms. The van der Waals surface area contributed by atoms with Gasteiger partial charge in [-0.3, -0.25) is 4.79 Å². The largest absolute Gasteiger partial charge is 0.371 e. The first kappa shape index (κ1) is 21.7. The van der Waals surface area contributed by atoms with Gasteiger partial charge in [-0.05, 0) is 134 Å². The average Bonchev–Trinajstić information content (AvgIpc) is 2.86. The third-order valence-electron chi connectivity index (χ3n) is 8.12. The highest BCUT2D eigenvalue weighted by molar-refractivity contribution is 5.82. The Kier molecular flexibility index (Phi) is 6.03. The molecule has 6 rings (SSSR count). The van der Waals surface area contributed by atoms with E-state index in [9.17, 15) is 4.79 Å². The second kappa shape index (κ2) is 9.44. The van der Waals surface area contributed by atoms with Gasteiger partial charge < -0.3 is 9.80 Å². The minimum Gasteiger partial charge on any atom is -0.371 e. The van der Waals surface area contributed by atoms with Gasteiger partial charge in [-0.25, -0.2) is 0 Å². The van der Waals surface area contributed by atoms with Crippen molar-refractivity contribution < 1.29 is 4.79 Å². The standard InChI is InChI=1S/C31H36N2O/c34-22-24(17-25-20-28-11-5-15-33-16-6-12-29(21-25)31(28)33)8-2-1-7-23-18-26-9-3-13-32-14-4-10-27(19-23)30(26)32/h1,7,17-22H,2-6,8-16H2/b7-1+,24-17?. The zero-order valence-electron chi connectivity index (χ0n) is 20.3. The van der Waals surface area contributed by atoms with Gasteiger partial charge in [0.25, 0.3) is 0 Å². The molecule has 0 fully saturated rings. The molecule has 4 heterocycles. The van der Waals surface area contributed by atoms with E-state index in [1.807, 2.05) is 0 Å². The first-order valence-corrected chi connectivity index (χ1v) is 13.4. The first-order chi connectivity index (χ1) is 16.8. The van der Waals surface area contributed by atoms with E-state index < -0.39 is 0 Å². The van der Waals surface area contributed by atoms with Gasteiger partial charge in [0.1, 0.15) is 6.29 Å². The lowest BCUT2D eigenvalue weighted by Crippen LogP contribution is -2.34. The van der Waals surface area contributed by atoms with Crippen LogP contribution in [0.4, 0.5) is 11.4 Å². The van der Waals surface area contributed by atoms with Gasteiger partial charge in [0.2, 0.25) is 0 Å². The third-order valence-corrected chi connectivity index (χ3v) is 8.12. The molecule has 34 heavy (non-hydrogen) atoms. The molecule has 0 aliphatic carbocycles. The number of carbonyl (C=O) groups excluding carboxylic acids is 1. The number of hydrogen-bond acceptors (Lipinski definition) is 3. The molecule has 4 aliphatic heterocycles. The summed E-state index contributed by atoms with van der Waals surface area (Å²) in [6.07, 6.45) is 19.2. The molecule has 0 unspecified atom stereocenters. The lowest BCUT2D eigenvalue weighted by Gasteiger charge is -2.37. The molecule has 176 valence electrons. The van der Waals surface area contributed by atoms with Gasteiger partial charge >= 0.3 is 0 Å². The summed E-state index contributed by atoms with van der Waals surface area (Å²) in [5.74, 6) is 0. The topological polar surface area (TPSA) is 23.6 Å². The average molecular weight is 453 g/mol. The van der Waals surface area contributed by atoms with Gasteiger partial charge in [-0.15, -0.1) is 0 Å². The number of benzene rings is 2. The van der Waals surface area contributed by atoms with Crippen molar-refractivity contribution in [2.75, 3.05) is 36.0 Å². The Morgan fingerprint density at radius 1 is 0.706 bits per heavy atom. The van der Waals surface area contributed by atoms with Crippen LogP contribution in [0.15, 0.2) is 35.9 Å². The minimum absolute atomic E-state index is 0.796. The highest BCUT2D eigenvalue weighted by atomic mass is 16.1. The van der Waals surface area contributed by atoms with Crippen molar-refractivity contribution in [2.45, 2.75) is 64.2 Å². The van der Waals surface area contributed by atoms with Crippen LogP contribution in [0, 0.1) is 0 Å². The highest BCUT2D eigenvalue weighted by Gasteiger charge is 2.25. The molecule has 0 aromatic heterocycles. The minimum atomic E-state index is 0.796. The van der Waals surface area contributed by atoms with E-state index in [2.05, 4.69) is 52.3 Å². The van der Waals surface area contributed by atoms with Crippen molar-refractivity contribution in [3.63, 3.8) is 0 Å². The maximum absolute atomic E-state index is 11.9. The number of allylic oxidation sites excluding steroid dienone is 2. The molecule has 0 radical (unpaired) electrons. The van der Waals surface area contributed by atoms with E-state index in [0.717, 1.165) is 24.7 Å². The number of hydrogen-bond donors (Lipinski definition) is 0. The van der Waals surface area contributed by atoms with E-state index in [1.54, 1.807) is 0 Å². The molecule has 3 heteroatoms. The summed E-state index contributed by atoms with van der Waals surface area (Å²) in [6.45, 7) is 4.84. The molecule has 0 amide bonds. The maximum Gasteiger partial charge on any atom is 0.146 e. The van der Waals surface area contributed by atoms with Crippen molar-refractivity contribution in [3.8, 4) is 0 Å². The van der Waals surface area contributed by atoms with E-state index in [0.29, 0.717) is 0 Å². The summed E-state index contributed by atoms with van der Waals surface area (Å²) in [4.78, 5) is 17.0.